The molecule has 0 aromatic heterocycles. The molecule has 1 rings (SSSR count). The van der Waals surface area contributed by atoms with Crippen molar-refractivity contribution in [2.24, 2.45) is 0 Å². The van der Waals surface area contributed by atoms with E-state index in [2.05, 4.69) is 11.9 Å². The maximum Gasteiger partial charge on any atom is 0.143 e. The fraction of sp³-hybridized carbons (Fsp3) is 0.100. The van der Waals surface area contributed by atoms with Gasteiger partial charge in [0.2, 0.25) is 0 Å². The average Bonchev–Trinajstić information content (AvgIpc) is 2.15. The molecule has 0 radical (unpaired) electrons. The van der Waals surface area contributed by atoms with Gasteiger partial charge >= 0.3 is 0 Å². The van der Waals surface area contributed by atoms with Crippen LogP contribution in [0.15, 0.2) is 30.9 Å². The van der Waals surface area contributed by atoms with Gasteiger partial charge in [0, 0.05) is 6.54 Å². The van der Waals surface area contributed by atoms with Gasteiger partial charge < -0.3 is 5.32 Å². The molecule has 2 nitrogen and oxygen atoms in total. The minimum absolute atomic E-state index is 0.0457. The molecule has 0 atom stereocenters. The molecule has 1 aromatic carbocycles. The SMILES string of the molecule is C=CCNc1cccc(F)c1C#N. The van der Waals surface area contributed by atoms with Crippen molar-refractivity contribution in [3.05, 3.63) is 42.2 Å². The third-order valence-electron chi connectivity index (χ3n) is 1.56. The Morgan fingerprint density at radius 3 is 3.00 bits per heavy atom. The Kier molecular flexibility index (Phi) is 3.04. The van der Waals surface area contributed by atoms with E-state index in [1.807, 2.05) is 0 Å². The lowest BCUT2D eigenvalue weighted by Gasteiger charge is -2.05. The smallest absolute Gasteiger partial charge is 0.143 e. The van der Waals surface area contributed by atoms with Gasteiger partial charge in [-0.3, -0.25) is 0 Å². The van der Waals surface area contributed by atoms with Crippen LogP contribution in [-0.2, 0) is 0 Å². The molecule has 13 heavy (non-hydrogen) atoms. The third kappa shape index (κ3) is 2.06. The van der Waals surface area contributed by atoms with Crippen LogP contribution in [0, 0.1) is 17.1 Å². The lowest BCUT2D eigenvalue weighted by molar-refractivity contribution is 0.624. The zero-order valence-electron chi connectivity index (χ0n) is 7.05. The van der Waals surface area contributed by atoms with E-state index in [0.717, 1.165) is 0 Å². The molecule has 0 amide bonds. The standard InChI is InChI=1S/C10H9FN2/c1-2-6-13-10-5-3-4-9(11)8(10)7-12/h2-5,13H,1,6H2. The van der Waals surface area contributed by atoms with Gasteiger partial charge in [0.25, 0.3) is 0 Å². The van der Waals surface area contributed by atoms with Crippen LogP contribution in [0.1, 0.15) is 5.56 Å². The number of rotatable bonds is 3. The molecule has 0 aliphatic rings. The molecule has 3 heteroatoms. The predicted molar refractivity (Wildman–Crippen MR) is 49.8 cm³/mol. The highest BCUT2D eigenvalue weighted by atomic mass is 19.1. The van der Waals surface area contributed by atoms with Crippen molar-refractivity contribution >= 4 is 5.69 Å². The van der Waals surface area contributed by atoms with Crippen molar-refractivity contribution < 1.29 is 4.39 Å². The van der Waals surface area contributed by atoms with Crippen molar-refractivity contribution in [2.45, 2.75) is 0 Å². The highest BCUT2D eigenvalue weighted by molar-refractivity contribution is 5.58. The summed E-state index contributed by atoms with van der Waals surface area (Å²) in [6.45, 7) is 4.03. The molecule has 1 aromatic rings. The van der Waals surface area contributed by atoms with Crippen LogP contribution in [0.4, 0.5) is 10.1 Å². The van der Waals surface area contributed by atoms with Crippen LogP contribution < -0.4 is 5.32 Å². The summed E-state index contributed by atoms with van der Waals surface area (Å²) in [5, 5.41) is 11.5. The molecule has 66 valence electrons. The number of nitrogens with zero attached hydrogens (tertiary/aromatic N) is 1. The van der Waals surface area contributed by atoms with Crippen LogP contribution in [0.5, 0.6) is 0 Å². The van der Waals surface area contributed by atoms with E-state index in [0.29, 0.717) is 12.2 Å². The molecular weight excluding hydrogens is 167 g/mol. The first kappa shape index (κ1) is 9.27. The summed E-state index contributed by atoms with van der Waals surface area (Å²) < 4.78 is 13.0. The Morgan fingerprint density at radius 2 is 2.38 bits per heavy atom. The number of hydrogen-bond acceptors (Lipinski definition) is 2. The van der Waals surface area contributed by atoms with Gasteiger partial charge in [-0.2, -0.15) is 5.26 Å². The fourth-order valence-electron chi connectivity index (χ4n) is 0.967. The summed E-state index contributed by atoms with van der Waals surface area (Å²) in [4.78, 5) is 0. The Balaban J connectivity index is 3.00. The zero-order valence-corrected chi connectivity index (χ0v) is 7.05. The van der Waals surface area contributed by atoms with E-state index in [9.17, 15) is 4.39 Å². The van der Waals surface area contributed by atoms with E-state index < -0.39 is 5.82 Å². The molecule has 0 saturated carbocycles. The molecule has 1 N–H and O–H groups in total. The highest BCUT2D eigenvalue weighted by Gasteiger charge is 2.05. The second-order valence-electron chi connectivity index (χ2n) is 2.44. The normalized spacial score (nSPS) is 8.92. The topological polar surface area (TPSA) is 35.8 Å². The van der Waals surface area contributed by atoms with Gasteiger partial charge in [0.05, 0.1) is 5.69 Å². The minimum atomic E-state index is -0.503. The Morgan fingerprint density at radius 1 is 1.62 bits per heavy atom. The molecule has 0 bridgehead atoms. The summed E-state index contributed by atoms with van der Waals surface area (Å²) in [5.74, 6) is -0.503. The molecule has 0 fully saturated rings. The monoisotopic (exact) mass is 176 g/mol. The molecule has 0 spiro atoms. The molecule has 0 heterocycles. The van der Waals surface area contributed by atoms with Crippen LogP contribution >= 0.6 is 0 Å². The number of halogens is 1. The van der Waals surface area contributed by atoms with E-state index in [4.69, 9.17) is 5.26 Å². The molecule has 0 aliphatic carbocycles. The van der Waals surface area contributed by atoms with Gasteiger partial charge in [0.15, 0.2) is 0 Å². The minimum Gasteiger partial charge on any atom is -0.380 e. The lowest BCUT2D eigenvalue weighted by atomic mass is 10.2. The highest BCUT2D eigenvalue weighted by Crippen LogP contribution is 2.17. The summed E-state index contributed by atoms with van der Waals surface area (Å²) in [5.41, 5.74) is 0.548. The largest absolute Gasteiger partial charge is 0.380 e. The van der Waals surface area contributed by atoms with Crippen molar-refractivity contribution in [3.63, 3.8) is 0 Å². The second-order valence-corrected chi connectivity index (χ2v) is 2.44. The van der Waals surface area contributed by atoms with Crippen molar-refractivity contribution in [3.8, 4) is 6.07 Å². The number of nitriles is 1. The van der Waals surface area contributed by atoms with Crippen LogP contribution in [0.2, 0.25) is 0 Å². The molecule has 0 saturated heterocycles. The quantitative estimate of drug-likeness (QED) is 0.717. The third-order valence-corrected chi connectivity index (χ3v) is 1.56. The van der Waals surface area contributed by atoms with E-state index in [1.165, 1.54) is 6.07 Å². The fourth-order valence-corrected chi connectivity index (χ4v) is 0.967. The van der Waals surface area contributed by atoms with Crippen LogP contribution in [-0.4, -0.2) is 6.54 Å². The average molecular weight is 176 g/mol. The Bertz CT molecular complexity index is 352. The van der Waals surface area contributed by atoms with Gasteiger partial charge in [-0.1, -0.05) is 12.1 Å². The van der Waals surface area contributed by atoms with E-state index >= 15 is 0 Å². The maximum absolute atomic E-state index is 13.0. The molecule has 0 unspecified atom stereocenters. The van der Waals surface area contributed by atoms with Crippen molar-refractivity contribution in [1.29, 1.82) is 5.26 Å². The second kappa shape index (κ2) is 4.27. The summed E-state index contributed by atoms with van der Waals surface area (Å²) >= 11 is 0. The molecular formula is C10H9FN2. The number of anilines is 1. The van der Waals surface area contributed by atoms with E-state index in [1.54, 1.807) is 24.3 Å². The van der Waals surface area contributed by atoms with Crippen LogP contribution in [0.3, 0.4) is 0 Å². The first-order valence-electron chi connectivity index (χ1n) is 3.83. The van der Waals surface area contributed by atoms with Crippen molar-refractivity contribution in [2.75, 3.05) is 11.9 Å². The van der Waals surface area contributed by atoms with Crippen molar-refractivity contribution in [1.82, 2.24) is 0 Å². The lowest BCUT2D eigenvalue weighted by Crippen LogP contribution is -2.01. The van der Waals surface area contributed by atoms with Gasteiger partial charge in [0.1, 0.15) is 17.4 Å². The maximum atomic E-state index is 13.0. The summed E-state index contributed by atoms with van der Waals surface area (Å²) in [6, 6.07) is 6.28. The van der Waals surface area contributed by atoms with Crippen LogP contribution in [0.25, 0.3) is 0 Å². The number of nitrogens with one attached hydrogen (secondary N) is 1. The van der Waals surface area contributed by atoms with Gasteiger partial charge in [-0.15, -0.1) is 6.58 Å². The summed E-state index contributed by atoms with van der Waals surface area (Å²) in [7, 11) is 0. The molecule has 0 aliphatic heterocycles. The first-order valence-corrected chi connectivity index (χ1v) is 3.83. The van der Waals surface area contributed by atoms with E-state index in [-0.39, 0.29) is 5.56 Å². The predicted octanol–water partition coefficient (Wildman–Crippen LogP) is 2.30. The zero-order chi connectivity index (χ0) is 9.68. The first-order chi connectivity index (χ1) is 6.29. The number of benzene rings is 1. The number of hydrogen-bond donors (Lipinski definition) is 1. The Labute approximate surface area is 76.3 Å². The van der Waals surface area contributed by atoms with Gasteiger partial charge in [-0.25, -0.2) is 4.39 Å². The Hall–Kier alpha value is -1.82. The van der Waals surface area contributed by atoms with Gasteiger partial charge in [-0.05, 0) is 12.1 Å². The summed E-state index contributed by atoms with van der Waals surface area (Å²) in [6.07, 6.45) is 1.64.